The lowest BCUT2D eigenvalue weighted by molar-refractivity contribution is -0.119. The van der Waals surface area contributed by atoms with Crippen LogP contribution in [0.15, 0.2) is 30.3 Å². The predicted octanol–water partition coefficient (Wildman–Crippen LogP) is 2.74. The molecule has 0 aliphatic heterocycles. The molecule has 0 aromatic heterocycles. The predicted molar refractivity (Wildman–Crippen MR) is 59.2 cm³/mol. The summed E-state index contributed by atoms with van der Waals surface area (Å²) in [5.41, 5.74) is 1.26. The normalized spacial score (nSPS) is 11.7. The first kappa shape index (κ1) is 11.5. The van der Waals surface area contributed by atoms with Crippen molar-refractivity contribution in [1.29, 1.82) is 5.26 Å². The maximum atomic E-state index is 11.0. The molecule has 1 rings (SSSR count). The minimum absolute atomic E-state index is 0.0226. The Bertz CT molecular complexity index is 351. The summed E-state index contributed by atoms with van der Waals surface area (Å²) in [6.45, 7) is 1.48. The molecular weight excluding hydrogens is 186 g/mol. The van der Waals surface area contributed by atoms with Gasteiger partial charge < -0.3 is 0 Å². The van der Waals surface area contributed by atoms with E-state index in [0.29, 0.717) is 6.42 Å². The second-order valence-electron chi connectivity index (χ2n) is 3.67. The summed E-state index contributed by atoms with van der Waals surface area (Å²) in [5.74, 6) is -0.445. The molecule has 1 aromatic rings. The van der Waals surface area contributed by atoms with Crippen LogP contribution in [0.1, 0.15) is 25.3 Å². The highest BCUT2D eigenvalue weighted by atomic mass is 16.1. The molecule has 1 aromatic carbocycles. The molecule has 0 aliphatic carbocycles. The van der Waals surface area contributed by atoms with Crippen LogP contribution >= 0.6 is 0 Å². The van der Waals surface area contributed by atoms with Crippen LogP contribution in [-0.4, -0.2) is 5.78 Å². The molecule has 0 heterocycles. The highest BCUT2D eigenvalue weighted by Gasteiger charge is 2.11. The molecule has 0 radical (unpaired) electrons. The van der Waals surface area contributed by atoms with Crippen LogP contribution in [0.2, 0.25) is 0 Å². The van der Waals surface area contributed by atoms with Gasteiger partial charge >= 0.3 is 0 Å². The average Bonchev–Trinajstić information content (AvgIpc) is 2.25. The Labute approximate surface area is 90.5 Å². The number of aryl methyl sites for hydroxylation is 1. The summed E-state index contributed by atoms with van der Waals surface area (Å²) in [6.07, 6.45) is 2.49. The van der Waals surface area contributed by atoms with Crippen LogP contribution in [0.25, 0.3) is 0 Å². The van der Waals surface area contributed by atoms with Gasteiger partial charge in [-0.3, -0.25) is 4.79 Å². The van der Waals surface area contributed by atoms with Gasteiger partial charge in [0.25, 0.3) is 0 Å². The molecule has 0 N–H and O–H groups in total. The maximum absolute atomic E-state index is 11.0. The molecule has 0 aliphatic rings. The van der Waals surface area contributed by atoms with Crippen molar-refractivity contribution >= 4 is 5.78 Å². The van der Waals surface area contributed by atoms with Crippen molar-refractivity contribution in [1.82, 2.24) is 0 Å². The van der Waals surface area contributed by atoms with E-state index in [2.05, 4.69) is 12.1 Å². The Hall–Kier alpha value is -1.62. The first-order valence-electron chi connectivity index (χ1n) is 5.18. The lowest BCUT2D eigenvalue weighted by atomic mass is 9.98. The molecule has 78 valence electrons. The number of rotatable bonds is 5. The summed E-state index contributed by atoms with van der Waals surface area (Å²) >= 11 is 0. The largest absolute Gasteiger partial charge is 0.299 e. The van der Waals surface area contributed by atoms with Crippen LogP contribution in [-0.2, 0) is 11.2 Å². The zero-order chi connectivity index (χ0) is 11.1. The van der Waals surface area contributed by atoms with Crippen molar-refractivity contribution in [2.75, 3.05) is 0 Å². The van der Waals surface area contributed by atoms with Gasteiger partial charge in [-0.25, -0.2) is 0 Å². The number of nitrogens with zero attached hydrogens (tertiary/aromatic N) is 1. The molecule has 0 bridgehead atoms. The minimum Gasteiger partial charge on any atom is -0.299 e. The Kier molecular flexibility index (Phi) is 4.56. The van der Waals surface area contributed by atoms with Crippen molar-refractivity contribution in [3.63, 3.8) is 0 Å². The first-order chi connectivity index (χ1) is 7.24. The Morgan fingerprint density at radius 1 is 1.40 bits per heavy atom. The van der Waals surface area contributed by atoms with Crippen molar-refractivity contribution < 1.29 is 4.79 Å². The summed E-state index contributed by atoms with van der Waals surface area (Å²) in [4.78, 5) is 11.0. The van der Waals surface area contributed by atoms with Gasteiger partial charge in [0, 0.05) is 0 Å². The Morgan fingerprint density at radius 2 is 2.07 bits per heavy atom. The van der Waals surface area contributed by atoms with Crippen molar-refractivity contribution in [2.24, 2.45) is 5.92 Å². The molecule has 0 fully saturated rings. The van der Waals surface area contributed by atoms with E-state index in [1.165, 1.54) is 12.5 Å². The fraction of sp³-hybridized carbons (Fsp3) is 0.385. The number of hydrogen-bond acceptors (Lipinski definition) is 2. The molecule has 15 heavy (non-hydrogen) atoms. The van der Waals surface area contributed by atoms with Gasteiger partial charge in [-0.2, -0.15) is 5.26 Å². The highest BCUT2D eigenvalue weighted by molar-refractivity contribution is 5.80. The van der Waals surface area contributed by atoms with Crippen LogP contribution in [0.4, 0.5) is 0 Å². The maximum Gasteiger partial charge on any atom is 0.146 e. The Balaban J connectivity index is 2.34. The first-order valence-corrected chi connectivity index (χ1v) is 5.18. The molecule has 0 saturated carbocycles. The van der Waals surface area contributed by atoms with Crippen LogP contribution in [0.5, 0.6) is 0 Å². The van der Waals surface area contributed by atoms with Gasteiger partial charge in [0.05, 0.1) is 6.07 Å². The SMILES string of the molecule is CC(=O)C(C#N)CCCc1ccccc1. The molecule has 2 nitrogen and oxygen atoms in total. The topological polar surface area (TPSA) is 40.9 Å². The molecular formula is C13H15NO. The monoisotopic (exact) mass is 201 g/mol. The number of carbonyl (C=O) groups excluding carboxylic acids is 1. The van der Waals surface area contributed by atoms with Crippen molar-refractivity contribution in [3.8, 4) is 6.07 Å². The number of nitriles is 1. The zero-order valence-corrected chi connectivity index (χ0v) is 8.94. The van der Waals surface area contributed by atoms with E-state index in [4.69, 9.17) is 5.26 Å². The van der Waals surface area contributed by atoms with Gasteiger partial charge in [-0.15, -0.1) is 0 Å². The molecule has 1 unspecified atom stereocenters. The third-order valence-electron chi connectivity index (χ3n) is 2.45. The standard InChI is InChI=1S/C13H15NO/c1-11(15)13(10-14)9-5-8-12-6-3-2-4-7-12/h2-4,6-7,13H,5,8-9H2,1H3. The lowest BCUT2D eigenvalue weighted by Crippen LogP contribution is -2.08. The number of hydrogen-bond donors (Lipinski definition) is 0. The van der Waals surface area contributed by atoms with Crippen LogP contribution in [0.3, 0.4) is 0 Å². The van der Waals surface area contributed by atoms with E-state index in [9.17, 15) is 4.79 Å². The van der Waals surface area contributed by atoms with Gasteiger partial charge in [-0.1, -0.05) is 30.3 Å². The molecule has 2 heteroatoms. The van der Waals surface area contributed by atoms with E-state index >= 15 is 0 Å². The van der Waals surface area contributed by atoms with E-state index in [-0.39, 0.29) is 5.78 Å². The van der Waals surface area contributed by atoms with Crippen LogP contribution < -0.4 is 0 Å². The fourth-order valence-electron chi connectivity index (χ4n) is 1.51. The van der Waals surface area contributed by atoms with Gasteiger partial charge in [-0.05, 0) is 31.7 Å². The average molecular weight is 201 g/mol. The molecule has 0 saturated heterocycles. The van der Waals surface area contributed by atoms with Crippen molar-refractivity contribution in [2.45, 2.75) is 26.2 Å². The number of carbonyl (C=O) groups is 1. The highest BCUT2D eigenvalue weighted by Crippen LogP contribution is 2.10. The second kappa shape index (κ2) is 5.98. The molecule has 0 spiro atoms. The molecule has 1 atom stereocenters. The van der Waals surface area contributed by atoms with E-state index in [1.807, 2.05) is 24.3 Å². The van der Waals surface area contributed by atoms with E-state index in [1.54, 1.807) is 0 Å². The Morgan fingerprint density at radius 3 is 2.60 bits per heavy atom. The zero-order valence-electron chi connectivity index (χ0n) is 8.94. The number of benzene rings is 1. The third kappa shape index (κ3) is 3.95. The van der Waals surface area contributed by atoms with E-state index in [0.717, 1.165) is 12.8 Å². The third-order valence-corrected chi connectivity index (χ3v) is 2.45. The molecule has 0 amide bonds. The lowest BCUT2D eigenvalue weighted by Gasteiger charge is -2.04. The number of ketones is 1. The van der Waals surface area contributed by atoms with Gasteiger partial charge in [0.15, 0.2) is 0 Å². The van der Waals surface area contributed by atoms with Crippen LogP contribution in [0, 0.1) is 17.2 Å². The minimum atomic E-state index is -0.422. The smallest absolute Gasteiger partial charge is 0.146 e. The van der Waals surface area contributed by atoms with E-state index < -0.39 is 5.92 Å². The van der Waals surface area contributed by atoms with Crippen molar-refractivity contribution in [3.05, 3.63) is 35.9 Å². The summed E-state index contributed by atoms with van der Waals surface area (Å²) in [5, 5.41) is 8.72. The summed E-state index contributed by atoms with van der Waals surface area (Å²) in [6, 6.07) is 12.2. The second-order valence-corrected chi connectivity index (χ2v) is 3.67. The fourth-order valence-corrected chi connectivity index (χ4v) is 1.51. The van der Waals surface area contributed by atoms with Gasteiger partial charge in [0.2, 0.25) is 0 Å². The number of Topliss-reactive ketones (excluding diaryl/α,β-unsaturated/α-hetero) is 1. The van der Waals surface area contributed by atoms with Gasteiger partial charge in [0.1, 0.15) is 11.7 Å². The quantitative estimate of drug-likeness (QED) is 0.735. The summed E-state index contributed by atoms with van der Waals surface area (Å²) < 4.78 is 0. The summed E-state index contributed by atoms with van der Waals surface area (Å²) in [7, 11) is 0.